The minimum Gasteiger partial charge on any atom is -0.508 e. The van der Waals surface area contributed by atoms with Crippen LogP contribution < -0.4 is 4.74 Å². The van der Waals surface area contributed by atoms with Crippen LogP contribution in [0.5, 0.6) is 28.7 Å². The van der Waals surface area contributed by atoms with E-state index in [-0.39, 0.29) is 29.1 Å². The van der Waals surface area contributed by atoms with E-state index in [1.165, 1.54) is 75.6 Å². The normalized spacial score (nSPS) is 17.5. The van der Waals surface area contributed by atoms with Crippen molar-refractivity contribution in [2.24, 2.45) is 0 Å². The number of unbranched alkanes of at least 4 members (excludes halogenated alkanes) is 9. The van der Waals surface area contributed by atoms with Crippen molar-refractivity contribution in [2.45, 2.75) is 89.8 Å². The third-order valence-electron chi connectivity index (χ3n) is 6.32. The van der Waals surface area contributed by atoms with E-state index in [0.29, 0.717) is 29.9 Å². The van der Waals surface area contributed by atoms with Gasteiger partial charge < -0.3 is 29.9 Å². The predicted molar refractivity (Wildman–Crippen MR) is 128 cm³/mol. The smallest absolute Gasteiger partial charge is 0.157 e. The quantitative estimate of drug-likeness (QED) is 0.202. The van der Waals surface area contributed by atoms with Crippen LogP contribution in [0.25, 0.3) is 0 Å². The Kier molecular flexibility index (Phi) is 9.55. The van der Waals surface area contributed by atoms with Crippen LogP contribution in [0.4, 0.5) is 0 Å². The van der Waals surface area contributed by atoms with E-state index in [4.69, 9.17) is 9.47 Å². The number of rotatable bonds is 13. The molecule has 0 radical (unpaired) electrons. The van der Waals surface area contributed by atoms with Crippen molar-refractivity contribution >= 4 is 0 Å². The maximum Gasteiger partial charge on any atom is 0.157 e. The van der Waals surface area contributed by atoms with Gasteiger partial charge in [0.1, 0.15) is 23.4 Å². The largest absolute Gasteiger partial charge is 0.508 e. The molecule has 1 aliphatic rings. The van der Waals surface area contributed by atoms with Gasteiger partial charge in [-0.2, -0.15) is 0 Å². The fraction of sp³-hybridized carbons (Fsp3) is 0.556. The van der Waals surface area contributed by atoms with Gasteiger partial charge in [0.2, 0.25) is 0 Å². The van der Waals surface area contributed by atoms with Gasteiger partial charge in [-0.1, -0.05) is 70.8 Å². The number of phenols is 4. The summed E-state index contributed by atoms with van der Waals surface area (Å²) in [5.74, 6) is -0.140. The van der Waals surface area contributed by atoms with E-state index in [1.54, 1.807) is 6.07 Å². The van der Waals surface area contributed by atoms with Gasteiger partial charge in [0, 0.05) is 30.7 Å². The molecule has 0 amide bonds. The molecule has 4 N–H and O–H groups in total. The molecule has 2 unspecified atom stereocenters. The minimum atomic E-state index is -0.534. The van der Waals surface area contributed by atoms with E-state index in [1.807, 2.05) is 0 Å². The third-order valence-corrected chi connectivity index (χ3v) is 6.32. The van der Waals surface area contributed by atoms with Crippen LogP contribution in [-0.4, -0.2) is 33.1 Å². The van der Waals surface area contributed by atoms with E-state index < -0.39 is 6.10 Å². The predicted octanol–water partition coefficient (Wildman–Crippen LogP) is 6.49. The van der Waals surface area contributed by atoms with Crippen molar-refractivity contribution in [1.29, 1.82) is 0 Å². The maximum atomic E-state index is 10.3. The lowest BCUT2D eigenvalue weighted by atomic mass is 9.93. The number of ether oxygens (including phenoxy) is 2. The summed E-state index contributed by atoms with van der Waals surface area (Å²) in [5, 5.41) is 39.7. The zero-order valence-corrected chi connectivity index (χ0v) is 19.6. The lowest BCUT2D eigenvalue weighted by Crippen LogP contribution is -2.33. The molecule has 2 aromatic carbocycles. The van der Waals surface area contributed by atoms with Crippen LogP contribution in [-0.2, 0) is 11.2 Å². The van der Waals surface area contributed by atoms with Gasteiger partial charge >= 0.3 is 0 Å². The van der Waals surface area contributed by atoms with Crippen LogP contribution in [0.3, 0.4) is 0 Å². The molecular formula is C27H38O6. The average Bonchev–Trinajstić information content (AvgIpc) is 2.79. The van der Waals surface area contributed by atoms with Crippen molar-refractivity contribution in [3.8, 4) is 28.7 Å². The summed E-state index contributed by atoms with van der Waals surface area (Å²) >= 11 is 0. The van der Waals surface area contributed by atoms with Gasteiger partial charge in [0.15, 0.2) is 17.6 Å². The number of hydrogen-bond acceptors (Lipinski definition) is 6. The highest BCUT2D eigenvalue weighted by Gasteiger charge is 2.34. The maximum absolute atomic E-state index is 10.3. The molecule has 6 heteroatoms. The average molecular weight is 459 g/mol. The topological polar surface area (TPSA) is 99.4 Å². The lowest BCUT2D eigenvalue weighted by molar-refractivity contribution is -0.0393. The Bertz CT molecular complexity index is 881. The van der Waals surface area contributed by atoms with Gasteiger partial charge in [0.05, 0.1) is 0 Å². The molecule has 0 spiro atoms. The minimum absolute atomic E-state index is 0.0236. The molecule has 2 atom stereocenters. The fourth-order valence-corrected chi connectivity index (χ4v) is 4.42. The van der Waals surface area contributed by atoms with E-state index in [0.717, 1.165) is 12.8 Å². The molecule has 0 saturated carbocycles. The molecule has 0 aliphatic carbocycles. The fourth-order valence-electron chi connectivity index (χ4n) is 4.42. The van der Waals surface area contributed by atoms with E-state index in [2.05, 4.69) is 6.92 Å². The number of phenolic OH excluding ortho intramolecular Hbond substituents is 4. The number of fused-ring (bicyclic) bond motifs is 1. The molecule has 3 rings (SSSR count). The molecule has 2 aromatic rings. The summed E-state index contributed by atoms with van der Waals surface area (Å²) in [6.07, 6.45) is 12.0. The van der Waals surface area contributed by atoms with Gasteiger partial charge in [0.25, 0.3) is 0 Å². The SMILES string of the molecule is CCCCCCCCCCCCOC1Cc2c(O)cc(O)cc2OC1c1ccc(O)c(O)c1. The molecule has 1 aliphatic heterocycles. The molecule has 0 fully saturated rings. The summed E-state index contributed by atoms with van der Waals surface area (Å²) in [6.45, 7) is 2.82. The second-order valence-corrected chi connectivity index (χ2v) is 9.02. The highest BCUT2D eigenvalue weighted by Crippen LogP contribution is 2.43. The molecule has 182 valence electrons. The summed E-state index contributed by atoms with van der Waals surface area (Å²) in [5.41, 5.74) is 1.26. The first kappa shape index (κ1) is 25.0. The molecule has 6 nitrogen and oxygen atoms in total. The summed E-state index contributed by atoms with van der Waals surface area (Å²) < 4.78 is 12.3. The molecule has 1 heterocycles. The highest BCUT2D eigenvalue weighted by atomic mass is 16.5. The number of benzene rings is 2. The van der Waals surface area contributed by atoms with Crippen LogP contribution in [0.15, 0.2) is 30.3 Å². The molecule has 0 aromatic heterocycles. The van der Waals surface area contributed by atoms with Crippen molar-refractivity contribution < 1.29 is 29.9 Å². The molecular weight excluding hydrogens is 420 g/mol. The van der Waals surface area contributed by atoms with Gasteiger partial charge in [-0.15, -0.1) is 0 Å². The monoisotopic (exact) mass is 458 g/mol. The summed E-state index contributed by atoms with van der Waals surface area (Å²) in [6, 6.07) is 7.34. The van der Waals surface area contributed by atoms with Gasteiger partial charge in [-0.25, -0.2) is 0 Å². The molecule has 0 bridgehead atoms. The standard InChI is InChI=1S/C27H38O6/c1-2-3-4-5-6-7-8-9-10-11-14-32-26-18-21-23(30)16-20(28)17-25(21)33-27(26)19-12-13-22(29)24(31)15-19/h12-13,15-17,26-31H,2-11,14,18H2,1H3. The van der Waals surface area contributed by atoms with Crippen LogP contribution in [0, 0.1) is 0 Å². The van der Waals surface area contributed by atoms with Gasteiger partial charge in [-0.05, 0) is 24.1 Å². The lowest BCUT2D eigenvalue weighted by Gasteiger charge is -2.34. The highest BCUT2D eigenvalue weighted by molar-refractivity contribution is 5.52. The van der Waals surface area contributed by atoms with E-state index >= 15 is 0 Å². The Morgan fingerprint density at radius 3 is 2.12 bits per heavy atom. The van der Waals surface area contributed by atoms with Crippen LogP contribution in [0.2, 0.25) is 0 Å². The Morgan fingerprint density at radius 2 is 1.45 bits per heavy atom. The molecule has 33 heavy (non-hydrogen) atoms. The van der Waals surface area contributed by atoms with Crippen LogP contribution in [0.1, 0.15) is 88.4 Å². The van der Waals surface area contributed by atoms with Crippen molar-refractivity contribution in [2.75, 3.05) is 6.61 Å². The molecule has 0 saturated heterocycles. The first-order chi connectivity index (χ1) is 16.0. The van der Waals surface area contributed by atoms with Crippen molar-refractivity contribution in [3.63, 3.8) is 0 Å². The number of hydrogen-bond donors (Lipinski definition) is 4. The summed E-state index contributed by atoms with van der Waals surface area (Å²) in [4.78, 5) is 0. The first-order valence-electron chi connectivity index (χ1n) is 12.3. The van der Waals surface area contributed by atoms with Gasteiger partial charge in [-0.3, -0.25) is 0 Å². The zero-order chi connectivity index (χ0) is 23.6. The zero-order valence-electron chi connectivity index (χ0n) is 19.6. The summed E-state index contributed by atoms with van der Waals surface area (Å²) in [7, 11) is 0. The third kappa shape index (κ3) is 7.19. The Hall–Kier alpha value is -2.60. The first-order valence-corrected chi connectivity index (χ1v) is 12.3. The van der Waals surface area contributed by atoms with Crippen molar-refractivity contribution in [3.05, 3.63) is 41.5 Å². The van der Waals surface area contributed by atoms with E-state index in [9.17, 15) is 20.4 Å². The second kappa shape index (κ2) is 12.6. The number of aromatic hydroxyl groups is 4. The second-order valence-electron chi connectivity index (χ2n) is 9.02. The Balaban J connectivity index is 1.53. The van der Waals surface area contributed by atoms with Crippen molar-refractivity contribution in [1.82, 2.24) is 0 Å². The Morgan fingerprint density at radius 1 is 0.788 bits per heavy atom. The van der Waals surface area contributed by atoms with Crippen LogP contribution >= 0.6 is 0 Å². The Labute approximate surface area is 196 Å².